The van der Waals surface area contributed by atoms with Gasteiger partial charge >= 0.3 is 0 Å². The molecule has 194 valence electrons. The van der Waals surface area contributed by atoms with E-state index in [0.29, 0.717) is 13.1 Å². The lowest BCUT2D eigenvalue weighted by Crippen LogP contribution is -2.39. The summed E-state index contributed by atoms with van der Waals surface area (Å²) in [7, 11) is 1.98. The third-order valence-electron chi connectivity index (χ3n) is 6.62. The minimum absolute atomic E-state index is 0.264. The Kier molecular flexibility index (Phi) is 25.3. The number of hydrogen-bond donors (Lipinski definition) is 3. The Bertz CT molecular complexity index is 326. The zero-order valence-corrected chi connectivity index (χ0v) is 22.3. The summed E-state index contributed by atoms with van der Waals surface area (Å²) in [6.07, 6.45) is 23.2. The minimum Gasteiger partial charge on any atom is -0.392 e. The third kappa shape index (κ3) is 23.0. The van der Waals surface area contributed by atoms with Gasteiger partial charge < -0.3 is 15.5 Å². The van der Waals surface area contributed by atoms with E-state index >= 15 is 0 Å². The number of nitrogens with zero attached hydrogens (tertiary/aromatic N) is 1. The summed E-state index contributed by atoms with van der Waals surface area (Å²) < 4.78 is 0. The van der Waals surface area contributed by atoms with Crippen LogP contribution < -0.4 is 5.32 Å². The molecule has 0 rings (SSSR count). The summed E-state index contributed by atoms with van der Waals surface area (Å²) in [6.45, 7) is 7.86. The first-order valence-electron chi connectivity index (χ1n) is 14.4. The maximum absolute atomic E-state index is 10.6. The Morgan fingerprint density at radius 1 is 0.562 bits per heavy atom. The second-order valence-electron chi connectivity index (χ2n) is 10.1. The van der Waals surface area contributed by atoms with Crippen LogP contribution in [0.25, 0.3) is 0 Å². The highest BCUT2D eigenvalue weighted by molar-refractivity contribution is 4.70. The molecule has 4 heteroatoms. The molecule has 0 aromatic rings. The van der Waals surface area contributed by atoms with Gasteiger partial charge in [-0.25, -0.2) is 0 Å². The van der Waals surface area contributed by atoms with Gasteiger partial charge in [0, 0.05) is 13.1 Å². The molecule has 32 heavy (non-hydrogen) atoms. The van der Waals surface area contributed by atoms with Crippen LogP contribution in [-0.4, -0.2) is 60.5 Å². The van der Waals surface area contributed by atoms with Gasteiger partial charge in [-0.2, -0.15) is 0 Å². The molecule has 2 unspecified atom stereocenters. The first kappa shape index (κ1) is 31.8. The van der Waals surface area contributed by atoms with E-state index in [9.17, 15) is 10.2 Å². The van der Waals surface area contributed by atoms with Crippen LogP contribution >= 0.6 is 0 Å². The number of hydrogen-bond acceptors (Lipinski definition) is 4. The van der Waals surface area contributed by atoms with Crippen molar-refractivity contribution in [1.29, 1.82) is 0 Å². The van der Waals surface area contributed by atoms with Crippen molar-refractivity contribution in [3.63, 3.8) is 0 Å². The van der Waals surface area contributed by atoms with Gasteiger partial charge in [0.2, 0.25) is 0 Å². The number of rotatable bonds is 26. The Hall–Kier alpha value is -0.160. The van der Waals surface area contributed by atoms with Crippen molar-refractivity contribution in [3.8, 4) is 0 Å². The van der Waals surface area contributed by atoms with Crippen LogP contribution in [0, 0.1) is 0 Å². The van der Waals surface area contributed by atoms with Gasteiger partial charge in [-0.1, -0.05) is 117 Å². The number of aliphatic hydroxyl groups is 2. The molecule has 0 heterocycles. The molecule has 4 nitrogen and oxygen atoms in total. The molecular formula is C28H60N2O2. The summed E-state index contributed by atoms with van der Waals surface area (Å²) in [5, 5.41) is 24.3. The lowest BCUT2D eigenvalue weighted by atomic mass is 10.0. The van der Waals surface area contributed by atoms with E-state index in [0.717, 1.165) is 45.2 Å². The highest BCUT2D eigenvalue weighted by Gasteiger charge is 2.15. The van der Waals surface area contributed by atoms with Crippen LogP contribution in [0.3, 0.4) is 0 Å². The predicted octanol–water partition coefficient (Wildman–Crippen LogP) is 6.68. The van der Waals surface area contributed by atoms with E-state index in [4.69, 9.17) is 0 Å². The van der Waals surface area contributed by atoms with Crippen molar-refractivity contribution in [2.45, 2.75) is 148 Å². The monoisotopic (exact) mass is 456 g/mol. The fourth-order valence-corrected chi connectivity index (χ4v) is 4.54. The molecule has 3 N–H and O–H groups in total. The smallest absolute Gasteiger partial charge is 0.0667 e. The van der Waals surface area contributed by atoms with Gasteiger partial charge in [0.05, 0.1) is 12.2 Å². The van der Waals surface area contributed by atoms with Crippen molar-refractivity contribution >= 4 is 0 Å². The van der Waals surface area contributed by atoms with Gasteiger partial charge in [-0.05, 0) is 39.4 Å². The topological polar surface area (TPSA) is 55.7 Å². The molecule has 0 saturated heterocycles. The number of unbranched alkanes of at least 4 members (excludes halogenated alkanes) is 14. The Morgan fingerprint density at radius 2 is 0.938 bits per heavy atom. The summed E-state index contributed by atoms with van der Waals surface area (Å²) >= 11 is 0. The highest BCUT2D eigenvalue weighted by Crippen LogP contribution is 2.13. The van der Waals surface area contributed by atoms with E-state index in [2.05, 4.69) is 24.1 Å². The Labute approximate surface area is 201 Å². The Balaban J connectivity index is 3.97. The first-order chi connectivity index (χ1) is 15.6. The van der Waals surface area contributed by atoms with E-state index in [1.807, 2.05) is 7.05 Å². The van der Waals surface area contributed by atoms with Gasteiger partial charge in [0.1, 0.15) is 0 Å². The quantitative estimate of drug-likeness (QED) is 0.127. The third-order valence-corrected chi connectivity index (χ3v) is 6.62. The van der Waals surface area contributed by atoms with Crippen LogP contribution in [0.4, 0.5) is 0 Å². The van der Waals surface area contributed by atoms with Crippen molar-refractivity contribution in [2.24, 2.45) is 0 Å². The van der Waals surface area contributed by atoms with Crippen LogP contribution in [0.1, 0.15) is 136 Å². The van der Waals surface area contributed by atoms with E-state index in [1.165, 1.54) is 89.9 Å². The lowest BCUT2D eigenvalue weighted by Gasteiger charge is -2.27. The molecule has 0 aliphatic heterocycles. The van der Waals surface area contributed by atoms with Crippen LogP contribution in [0.2, 0.25) is 0 Å². The number of nitrogens with one attached hydrogen (secondary N) is 1. The average molecular weight is 457 g/mol. The second kappa shape index (κ2) is 25.5. The molecule has 0 aliphatic rings. The zero-order chi connectivity index (χ0) is 23.7. The molecule has 0 amide bonds. The predicted molar refractivity (Wildman–Crippen MR) is 141 cm³/mol. The standard InChI is InChI=1S/C28H60N2O2/c1-4-6-8-10-12-14-16-18-21-27(31)25-30(24-20-23-29-3)26-28(32)22-19-17-15-13-11-9-7-5-2/h27-29,31-32H,4-26H2,1-3H3. The summed E-state index contributed by atoms with van der Waals surface area (Å²) in [5.41, 5.74) is 0. The molecule has 0 aliphatic carbocycles. The Morgan fingerprint density at radius 3 is 1.31 bits per heavy atom. The fraction of sp³-hybridized carbons (Fsp3) is 1.00. The van der Waals surface area contributed by atoms with Crippen molar-refractivity contribution in [2.75, 3.05) is 33.2 Å². The molecular weight excluding hydrogens is 396 g/mol. The first-order valence-corrected chi connectivity index (χ1v) is 14.4. The highest BCUT2D eigenvalue weighted by atomic mass is 16.3. The molecule has 0 bridgehead atoms. The molecule has 0 aromatic heterocycles. The molecule has 2 atom stereocenters. The largest absolute Gasteiger partial charge is 0.392 e. The molecule has 0 fully saturated rings. The van der Waals surface area contributed by atoms with Gasteiger partial charge in [0.25, 0.3) is 0 Å². The normalized spacial score (nSPS) is 13.7. The lowest BCUT2D eigenvalue weighted by molar-refractivity contribution is 0.0600. The van der Waals surface area contributed by atoms with E-state index in [1.54, 1.807) is 0 Å². The van der Waals surface area contributed by atoms with Crippen molar-refractivity contribution in [1.82, 2.24) is 10.2 Å². The molecule has 0 aromatic carbocycles. The van der Waals surface area contributed by atoms with Crippen LogP contribution in [0.5, 0.6) is 0 Å². The second-order valence-corrected chi connectivity index (χ2v) is 10.1. The van der Waals surface area contributed by atoms with Crippen LogP contribution in [0.15, 0.2) is 0 Å². The van der Waals surface area contributed by atoms with Gasteiger partial charge in [-0.15, -0.1) is 0 Å². The SMILES string of the molecule is CCCCCCCCCCC(O)CN(CCCNC)CC(O)CCCCCCCCCC. The van der Waals surface area contributed by atoms with Gasteiger partial charge in [0.15, 0.2) is 0 Å². The summed E-state index contributed by atoms with van der Waals surface area (Å²) in [6, 6.07) is 0. The van der Waals surface area contributed by atoms with Crippen LogP contribution in [-0.2, 0) is 0 Å². The zero-order valence-electron chi connectivity index (χ0n) is 22.3. The molecule has 0 spiro atoms. The number of aliphatic hydroxyl groups excluding tert-OH is 2. The van der Waals surface area contributed by atoms with Gasteiger partial charge in [-0.3, -0.25) is 4.90 Å². The molecule has 0 radical (unpaired) electrons. The maximum Gasteiger partial charge on any atom is 0.0667 e. The van der Waals surface area contributed by atoms with Crippen molar-refractivity contribution in [3.05, 3.63) is 0 Å². The minimum atomic E-state index is -0.264. The summed E-state index contributed by atoms with van der Waals surface area (Å²) in [4.78, 5) is 2.29. The maximum atomic E-state index is 10.6. The van der Waals surface area contributed by atoms with E-state index < -0.39 is 0 Å². The molecule has 0 saturated carbocycles. The van der Waals surface area contributed by atoms with E-state index in [-0.39, 0.29) is 12.2 Å². The fourth-order valence-electron chi connectivity index (χ4n) is 4.54. The summed E-state index contributed by atoms with van der Waals surface area (Å²) in [5.74, 6) is 0. The van der Waals surface area contributed by atoms with Crippen molar-refractivity contribution < 1.29 is 10.2 Å². The average Bonchev–Trinajstić information content (AvgIpc) is 2.77.